The summed E-state index contributed by atoms with van der Waals surface area (Å²) in [5.41, 5.74) is 0. The van der Waals surface area contributed by atoms with Crippen LogP contribution in [-0.2, 0) is 0 Å². The predicted octanol–water partition coefficient (Wildman–Crippen LogP) is 1.27. The van der Waals surface area contributed by atoms with Crippen molar-refractivity contribution in [2.75, 3.05) is 55.8 Å². The van der Waals surface area contributed by atoms with Crippen molar-refractivity contribution in [1.29, 1.82) is 0 Å². The van der Waals surface area contributed by atoms with Crippen LogP contribution in [0.5, 0.6) is 0 Å². The van der Waals surface area contributed by atoms with Crippen LogP contribution >= 0.6 is 0 Å². The molecule has 1 aliphatic heterocycles. The number of nitrogens with one attached hydrogen (secondary N) is 2. The zero-order valence-electron chi connectivity index (χ0n) is 13.6. The van der Waals surface area contributed by atoms with E-state index in [-0.39, 0.29) is 0 Å². The van der Waals surface area contributed by atoms with Crippen molar-refractivity contribution in [1.82, 2.24) is 19.9 Å². The summed E-state index contributed by atoms with van der Waals surface area (Å²) in [7, 11) is 3.88. The Kier molecular flexibility index (Phi) is 5.55. The smallest absolute Gasteiger partial charge is 0.231 e. The van der Waals surface area contributed by atoms with Gasteiger partial charge in [-0.25, -0.2) is 0 Å². The van der Waals surface area contributed by atoms with Crippen molar-refractivity contribution < 1.29 is 0 Å². The number of piperidine rings is 1. The monoisotopic (exact) mass is 293 g/mol. The van der Waals surface area contributed by atoms with Gasteiger partial charge in [0.05, 0.1) is 0 Å². The summed E-state index contributed by atoms with van der Waals surface area (Å²) < 4.78 is 0. The second kappa shape index (κ2) is 7.40. The lowest BCUT2D eigenvalue weighted by atomic mass is 10.1. The normalized spacial score (nSPS) is 19.3. The Hall–Kier alpha value is -1.63. The molecule has 0 radical (unpaired) electrons. The van der Waals surface area contributed by atoms with Crippen LogP contribution in [0.4, 0.5) is 17.8 Å². The highest BCUT2D eigenvalue weighted by atomic mass is 15.3. The standard InChI is InChI=1S/C14H27N7/c1-5-15-12-17-13(19-14(18-12)20(3)4)16-11-8-7-9-21(6-2)10-11/h11H,5-10H2,1-4H3,(H2,15,16,17,18,19). The van der Waals surface area contributed by atoms with Gasteiger partial charge in [-0.15, -0.1) is 0 Å². The fourth-order valence-corrected chi connectivity index (χ4v) is 2.51. The summed E-state index contributed by atoms with van der Waals surface area (Å²) in [5.74, 6) is 1.96. The highest BCUT2D eigenvalue weighted by Crippen LogP contribution is 2.16. The number of nitrogens with zero attached hydrogens (tertiary/aromatic N) is 5. The van der Waals surface area contributed by atoms with Crippen molar-refractivity contribution in [2.24, 2.45) is 0 Å². The summed E-state index contributed by atoms with van der Waals surface area (Å²) in [5, 5.41) is 6.63. The quantitative estimate of drug-likeness (QED) is 0.818. The second-order valence-electron chi connectivity index (χ2n) is 5.58. The van der Waals surface area contributed by atoms with Crippen LogP contribution in [0.15, 0.2) is 0 Å². The Balaban J connectivity index is 2.10. The van der Waals surface area contributed by atoms with E-state index in [9.17, 15) is 0 Å². The summed E-state index contributed by atoms with van der Waals surface area (Å²) in [6.45, 7) is 8.38. The molecule has 0 aromatic carbocycles. The van der Waals surface area contributed by atoms with E-state index in [1.54, 1.807) is 0 Å². The van der Waals surface area contributed by atoms with Crippen molar-refractivity contribution in [3.63, 3.8) is 0 Å². The first-order chi connectivity index (χ1) is 10.1. The maximum atomic E-state index is 4.49. The molecule has 1 saturated heterocycles. The minimum Gasteiger partial charge on any atom is -0.354 e. The number of likely N-dealkylation sites (N-methyl/N-ethyl adjacent to an activating group) is 1. The van der Waals surface area contributed by atoms with Crippen LogP contribution in [0.1, 0.15) is 26.7 Å². The predicted molar refractivity (Wildman–Crippen MR) is 87.1 cm³/mol. The topological polar surface area (TPSA) is 69.2 Å². The number of anilines is 3. The van der Waals surface area contributed by atoms with E-state index in [2.05, 4.69) is 37.4 Å². The first-order valence-electron chi connectivity index (χ1n) is 7.78. The zero-order valence-corrected chi connectivity index (χ0v) is 13.6. The van der Waals surface area contributed by atoms with E-state index in [1.165, 1.54) is 13.0 Å². The molecule has 2 N–H and O–H groups in total. The van der Waals surface area contributed by atoms with E-state index in [0.717, 1.165) is 26.1 Å². The van der Waals surface area contributed by atoms with Crippen molar-refractivity contribution in [3.8, 4) is 0 Å². The lowest BCUT2D eigenvalue weighted by Crippen LogP contribution is -2.42. The van der Waals surface area contributed by atoms with Crippen LogP contribution in [0, 0.1) is 0 Å². The van der Waals surface area contributed by atoms with Crippen LogP contribution in [0.2, 0.25) is 0 Å². The highest BCUT2D eigenvalue weighted by Gasteiger charge is 2.20. The molecule has 0 bridgehead atoms. The molecule has 1 aliphatic rings. The Labute approximate surface area is 127 Å². The average Bonchev–Trinajstić information content (AvgIpc) is 2.47. The highest BCUT2D eigenvalue weighted by molar-refractivity contribution is 5.43. The summed E-state index contributed by atoms with van der Waals surface area (Å²) in [6.07, 6.45) is 2.38. The molecule has 1 unspecified atom stereocenters. The van der Waals surface area contributed by atoms with Gasteiger partial charge in [0, 0.05) is 33.2 Å². The molecule has 2 rings (SSSR count). The SMILES string of the molecule is CCNc1nc(NC2CCCN(CC)C2)nc(N(C)C)n1. The molecule has 1 aromatic rings. The summed E-state index contributed by atoms with van der Waals surface area (Å²) >= 11 is 0. The lowest BCUT2D eigenvalue weighted by Gasteiger charge is -2.32. The number of likely N-dealkylation sites (tertiary alicyclic amines) is 1. The maximum Gasteiger partial charge on any atom is 0.231 e. The fraction of sp³-hybridized carbons (Fsp3) is 0.786. The first-order valence-corrected chi connectivity index (χ1v) is 7.78. The Morgan fingerprint density at radius 1 is 1.19 bits per heavy atom. The van der Waals surface area contributed by atoms with Gasteiger partial charge in [-0.3, -0.25) is 0 Å². The van der Waals surface area contributed by atoms with E-state index in [0.29, 0.717) is 23.9 Å². The van der Waals surface area contributed by atoms with Crippen LogP contribution < -0.4 is 15.5 Å². The first kappa shape index (κ1) is 15.8. The zero-order chi connectivity index (χ0) is 15.2. The van der Waals surface area contributed by atoms with E-state index < -0.39 is 0 Å². The van der Waals surface area contributed by atoms with Gasteiger partial charge in [-0.05, 0) is 32.9 Å². The minimum absolute atomic E-state index is 0.408. The molecular formula is C14H27N7. The van der Waals surface area contributed by atoms with Gasteiger partial charge in [0.25, 0.3) is 0 Å². The van der Waals surface area contributed by atoms with E-state index >= 15 is 0 Å². The Morgan fingerprint density at radius 2 is 1.95 bits per heavy atom. The van der Waals surface area contributed by atoms with Gasteiger partial charge in [0.2, 0.25) is 17.8 Å². The number of rotatable bonds is 6. The second-order valence-corrected chi connectivity index (χ2v) is 5.58. The molecule has 0 amide bonds. The largest absolute Gasteiger partial charge is 0.354 e. The molecule has 21 heavy (non-hydrogen) atoms. The molecule has 7 heteroatoms. The van der Waals surface area contributed by atoms with Crippen molar-refractivity contribution in [2.45, 2.75) is 32.7 Å². The summed E-state index contributed by atoms with van der Waals surface area (Å²) in [4.78, 5) is 17.7. The van der Waals surface area contributed by atoms with Crippen LogP contribution in [-0.4, -0.2) is 66.2 Å². The Bertz CT molecular complexity index is 449. The van der Waals surface area contributed by atoms with E-state index in [1.807, 2.05) is 25.9 Å². The van der Waals surface area contributed by atoms with Crippen LogP contribution in [0.25, 0.3) is 0 Å². The van der Waals surface area contributed by atoms with Gasteiger partial charge < -0.3 is 20.4 Å². The number of hydrogen-bond acceptors (Lipinski definition) is 7. The molecule has 2 heterocycles. The maximum absolute atomic E-state index is 4.49. The molecule has 1 aromatic heterocycles. The summed E-state index contributed by atoms with van der Waals surface area (Å²) in [6, 6.07) is 0.408. The van der Waals surface area contributed by atoms with Crippen molar-refractivity contribution in [3.05, 3.63) is 0 Å². The Morgan fingerprint density at radius 3 is 2.62 bits per heavy atom. The van der Waals surface area contributed by atoms with Gasteiger partial charge in [0.1, 0.15) is 0 Å². The van der Waals surface area contributed by atoms with Gasteiger partial charge in [-0.2, -0.15) is 15.0 Å². The molecule has 1 atom stereocenters. The molecule has 1 fully saturated rings. The van der Waals surface area contributed by atoms with E-state index in [4.69, 9.17) is 0 Å². The lowest BCUT2D eigenvalue weighted by molar-refractivity contribution is 0.226. The van der Waals surface area contributed by atoms with Gasteiger partial charge in [-0.1, -0.05) is 6.92 Å². The molecule has 0 saturated carbocycles. The third-order valence-electron chi connectivity index (χ3n) is 3.64. The molecule has 0 aliphatic carbocycles. The molecular weight excluding hydrogens is 266 g/mol. The van der Waals surface area contributed by atoms with Crippen LogP contribution in [0.3, 0.4) is 0 Å². The number of aromatic nitrogens is 3. The fourth-order valence-electron chi connectivity index (χ4n) is 2.51. The minimum atomic E-state index is 0.408. The number of hydrogen-bond donors (Lipinski definition) is 2. The third-order valence-corrected chi connectivity index (χ3v) is 3.64. The molecule has 7 nitrogen and oxygen atoms in total. The molecule has 0 spiro atoms. The third kappa shape index (κ3) is 4.42. The van der Waals surface area contributed by atoms with Gasteiger partial charge >= 0.3 is 0 Å². The molecule has 118 valence electrons. The van der Waals surface area contributed by atoms with Gasteiger partial charge in [0.15, 0.2) is 0 Å². The van der Waals surface area contributed by atoms with Crippen molar-refractivity contribution >= 4 is 17.8 Å². The average molecular weight is 293 g/mol.